The maximum Gasteiger partial charge on any atom is 0.418 e. The smallest absolute Gasteiger partial charge is 0.396 e. The fourth-order valence-electron chi connectivity index (χ4n) is 1.99. The van der Waals surface area contributed by atoms with E-state index in [1.807, 2.05) is 0 Å². The monoisotopic (exact) mass is 355 g/mol. The molecule has 0 bridgehead atoms. The van der Waals surface area contributed by atoms with Crippen LogP contribution in [0.2, 0.25) is 5.02 Å². The molecule has 0 saturated carbocycles. The van der Waals surface area contributed by atoms with Crippen LogP contribution in [0.15, 0.2) is 6.07 Å². The Labute approximate surface area is 120 Å². The Morgan fingerprint density at radius 2 is 2.11 bits per heavy atom. The minimum absolute atomic E-state index is 0.0898. The zero-order chi connectivity index (χ0) is 14.4. The summed E-state index contributed by atoms with van der Waals surface area (Å²) < 4.78 is 40.2. The van der Waals surface area contributed by atoms with E-state index in [-0.39, 0.29) is 11.2 Å². The van der Waals surface area contributed by atoms with Crippen molar-refractivity contribution in [1.82, 2.24) is 9.55 Å². The number of aryl methyl sites for hydroxylation is 2. The third kappa shape index (κ3) is 2.41. The number of benzene rings is 1. The molecule has 2 aromatic rings. The second kappa shape index (κ2) is 4.86. The first-order valence-corrected chi connectivity index (χ1v) is 6.85. The molecule has 19 heavy (non-hydrogen) atoms. The molecule has 2 N–H and O–H groups in total. The van der Waals surface area contributed by atoms with Gasteiger partial charge in [-0.15, -0.1) is 0 Å². The van der Waals surface area contributed by atoms with Gasteiger partial charge in [-0.25, -0.2) is 4.98 Å². The van der Waals surface area contributed by atoms with Gasteiger partial charge < -0.3 is 10.3 Å². The highest BCUT2D eigenvalue weighted by Crippen LogP contribution is 2.41. The van der Waals surface area contributed by atoms with Gasteiger partial charge >= 0.3 is 6.18 Å². The molecule has 0 radical (unpaired) electrons. The molecule has 0 aliphatic carbocycles. The van der Waals surface area contributed by atoms with Gasteiger partial charge in [0.15, 0.2) is 0 Å². The van der Waals surface area contributed by atoms with E-state index in [1.165, 1.54) is 0 Å². The molecule has 1 aromatic carbocycles. The van der Waals surface area contributed by atoms with E-state index in [1.54, 1.807) is 11.5 Å². The zero-order valence-corrected chi connectivity index (χ0v) is 12.2. The van der Waals surface area contributed by atoms with Gasteiger partial charge in [-0.05, 0) is 13.0 Å². The summed E-state index contributed by atoms with van der Waals surface area (Å²) in [7, 11) is 0. The van der Waals surface area contributed by atoms with Gasteiger partial charge in [-0.3, -0.25) is 0 Å². The van der Waals surface area contributed by atoms with E-state index in [4.69, 9.17) is 17.3 Å². The zero-order valence-electron chi connectivity index (χ0n) is 9.85. The first-order valence-electron chi connectivity index (χ1n) is 5.35. The van der Waals surface area contributed by atoms with Gasteiger partial charge in [0.05, 0.1) is 27.3 Å². The minimum Gasteiger partial charge on any atom is -0.396 e. The standard InChI is InChI=1S/C11H10BrClF3N3/c1-5-18-7-4-6(11(14,15)16)8(13)9(17)10(7)19(5)3-2-12/h4H,2-3,17H2,1H3. The number of nitrogens with zero attached hydrogens (tertiary/aromatic N) is 2. The van der Waals surface area contributed by atoms with Gasteiger partial charge in [0, 0.05) is 11.9 Å². The summed E-state index contributed by atoms with van der Waals surface area (Å²) in [6.45, 7) is 2.26. The topological polar surface area (TPSA) is 43.8 Å². The molecule has 0 unspecified atom stereocenters. The number of imidazole rings is 1. The molecule has 1 heterocycles. The molecule has 8 heteroatoms. The van der Waals surface area contributed by atoms with Crippen LogP contribution in [0.5, 0.6) is 0 Å². The quantitative estimate of drug-likeness (QED) is 0.653. The van der Waals surface area contributed by atoms with Crippen LogP contribution in [0.4, 0.5) is 18.9 Å². The van der Waals surface area contributed by atoms with Crippen LogP contribution in [0, 0.1) is 6.92 Å². The number of alkyl halides is 4. The van der Waals surface area contributed by atoms with Gasteiger partial charge in [0.1, 0.15) is 5.82 Å². The van der Waals surface area contributed by atoms with Crippen LogP contribution < -0.4 is 5.73 Å². The summed E-state index contributed by atoms with van der Waals surface area (Å²) in [6.07, 6.45) is -4.55. The number of halogens is 5. The van der Waals surface area contributed by atoms with E-state index in [0.717, 1.165) is 6.07 Å². The normalized spacial score (nSPS) is 12.3. The first-order chi connectivity index (χ1) is 8.77. The average Bonchev–Trinajstić information content (AvgIpc) is 2.60. The SMILES string of the molecule is Cc1nc2cc(C(F)(F)F)c(Cl)c(N)c2n1CCBr. The lowest BCUT2D eigenvalue weighted by Gasteiger charge is -2.12. The van der Waals surface area contributed by atoms with E-state index in [0.29, 0.717) is 23.2 Å². The van der Waals surface area contributed by atoms with Gasteiger partial charge in [0.2, 0.25) is 0 Å². The lowest BCUT2D eigenvalue weighted by molar-refractivity contribution is -0.137. The number of nitrogens with two attached hydrogens (primary N) is 1. The van der Waals surface area contributed by atoms with E-state index in [9.17, 15) is 13.2 Å². The number of fused-ring (bicyclic) bond motifs is 1. The van der Waals surface area contributed by atoms with E-state index < -0.39 is 16.8 Å². The van der Waals surface area contributed by atoms with E-state index in [2.05, 4.69) is 20.9 Å². The van der Waals surface area contributed by atoms with Crippen molar-refractivity contribution in [2.75, 3.05) is 11.1 Å². The average molecular weight is 357 g/mol. The second-order valence-electron chi connectivity index (χ2n) is 4.02. The van der Waals surface area contributed by atoms with Crippen molar-refractivity contribution in [3.05, 3.63) is 22.5 Å². The predicted molar refractivity (Wildman–Crippen MR) is 72.7 cm³/mol. The minimum atomic E-state index is -4.55. The van der Waals surface area contributed by atoms with Crippen LogP contribution in [0.1, 0.15) is 11.4 Å². The number of hydrogen-bond donors (Lipinski definition) is 1. The van der Waals surface area contributed by atoms with Crippen LogP contribution >= 0.6 is 27.5 Å². The molecule has 0 fully saturated rings. The fraction of sp³-hybridized carbons (Fsp3) is 0.364. The highest BCUT2D eigenvalue weighted by molar-refractivity contribution is 9.09. The molecule has 3 nitrogen and oxygen atoms in total. The summed E-state index contributed by atoms with van der Waals surface area (Å²) in [6, 6.07) is 0.936. The maximum absolute atomic E-state index is 12.8. The van der Waals surface area contributed by atoms with Crippen molar-refractivity contribution in [1.29, 1.82) is 0 Å². The number of aromatic nitrogens is 2. The van der Waals surface area contributed by atoms with Gasteiger partial charge in [0.25, 0.3) is 0 Å². The Hall–Kier alpha value is -0.950. The third-order valence-electron chi connectivity index (χ3n) is 2.81. The summed E-state index contributed by atoms with van der Waals surface area (Å²) >= 11 is 9.02. The van der Waals surface area contributed by atoms with Gasteiger partial charge in [-0.1, -0.05) is 27.5 Å². The van der Waals surface area contributed by atoms with Crippen molar-refractivity contribution >= 4 is 44.3 Å². The largest absolute Gasteiger partial charge is 0.418 e. The number of hydrogen-bond acceptors (Lipinski definition) is 2. The summed E-state index contributed by atoms with van der Waals surface area (Å²) in [5.74, 6) is 0.594. The predicted octanol–water partition coefficient (Wildman–Crippen LogP) is 3.99. The Balaban J connectivity index is 2.81. The van der Waals surface area contributed by atoms with Crippen molar-refractivity contribution < 1.29 is 13.2 Å². The number of anilines is 1. The number of rotatable bonds is 2. The van der Waals surface area contributed by atoms with E-state index >= 15 is 0 Å². The number of nitrogen functional groups attached to an aromatic ring is 1. The summed E-state index contributed by atoms with van der Waals surface area (Å²) in [4.78, 5) is 4.11. The highest BCUT2D eigenvalue weighted by Gasteiger charge is 2.35. The van der Waals surface area contributed by atoms with Crippen LogP contribution in [-0.4, -0.2) is 14.9 Å². The molecule has 0 saturated heterocycles. The van der Waals surface area contributed by atoms with Crippen molar-refractivity contribution in [3.8, 4) is 0 Å². The van der Waals surface area contributed by atoms with Crippen molar-refractivity contribution in [2.24, 2.45) is 0 Å². The second-order valence-corrected chi connectivity index (χ2v) is 5.19. The molecular weight excluding hydrogens is 346 g/mol. The van der Waals surface area contributed by atoms with Crippen molar-refractivity contribution in [2.45, 2.75) is 19.6 Å². The lowest BCUT2D eigenvalue weighted by Crippen LogP contribution is -2.09. The molecular formula is C11H10BrClF3N3. The fourth-order valence-corrected chi connectivity index (χ4v) is 2.59. The third-order valence-corrected chi connectivity index (χ3v) is 3.57. The molecule has 1 aromatic heterocycles. The Morgan fingerprint density at radius 3 is 2.63 bits per heavy atom. The summed E-state index contributed by atoms with van der Waals surface area (Å²) in [5, 5.41) is 0.160. The Morgan fingerprint density at radius 1 is 1.47 bits per heavy atom. The molecule has 0 atom stereocenters. The lowest BCUT2D eigenvalue weighted by atomic mass is 10.1. The molecule has 0 aliphatic rings. The molecule has 104 valence electrons. The molecule has 2 rings (SSSR count). The molecule has 0 aliphatic heterocycles. The van der Waals surface area contributed by atoms with Crippen LogP contribution in [0.25, 0.3) is 11.0 Å². The van der Waals surface area contributed by atoms with Crippen LogP contribution in [-0.2, 0) is 12.7 Å². The highest BCUT2D eigenvalue weighted by atomic mass is 79.9. The summed E-state index contributed by atoms with van der Waals surface area (Å²) in [5.41, 5.74) is 5.35. The van der Waals surface area contributed by atoms with Crippen LogP contribution in [0.3, 0.4) is 0 Å². The molecule has 0 amide bonds. The van der Waals surface area contributed by atoms with Gasteiger partial charge in [-0.2, -0.15) is 13.2 Å². The Bertz CT molecular complexity index is 636. The van der Waals surface area contributed by atoms with Crippen molar-refractivity contribution in [3.63, 3.8) is 0 Å². The maximum atomic E-state index is 12.8. The first kappa shape index (κ1) is 14.5. The Kier molecular flexibility index (Phi) is 3.70. The molecule has 0 spiro atoms.